The SMILES string of the molecule is O=C1CCCCC1Cc1nc(-c2cccc(Cl)c2)no1. The van der Waals surface area contributed by atoms with E-state index in [1.165, 1.54) is 0 Å². The van der Waals surface area contributed by atoms with Crippen LogP contribution < -0.4 is 0 Å². The van der Waals surface area contributed by atoms with Crippen molar-refractivity contribution in [1.82, 2.24) is 10.1 Å². The highest BCUT2D eigenvalue weighted by atomic mass is 35.5. The van der Waals surface area contributed by atoms with Crippen LogP contribution in [0, 0.1) is 5.92 Å². The fourth-order valence-corrected chi connectivity index (χ4v) is 2.75. The van der Waals surface area contributed by atoms with Crippen LogP contribution in [0.1, 0.15) is 31.6 Å². The maximum atomic E-state index is 11.8. The van der Waals surface area contributed by atoms with Gasteiger partial charge < -0.3 is 4.52 Å². The molecule has 1 fully saturated rings. The third kappa shape index (κ3) is 2.90. The fraction of sp³-hybridized carbons (Fsp3) is 0.400. The molecule has 0 amide bonds. The van der Waals surface area contributed by atoms with Crippen molar-refractivity contribution >= 4 is 17.4 Å². The van der Waals surface area contributed by atoms with E-state index >= 15 is 0 Å². The predicted molar refractivity (Wildman–Crippen MR) is 75.4 cm³/mol. The van der Waals surface area contributed by atoms with Gasteiger partial charge in [0.05, 0.1) is 0 Å². The maximum absolute atomic E-state index is 11.8. The molecule has 1 aromatic carbocycles. The van der Waals surface area contributed by atoms with Gasteiger partial charge in [0.2, 0.25) is 11.7 Å². The molecule has 0 bridgehead atoms. The van der Waals surface area contributed by atoms with E-state index in [0.717, 1.165) is 24.8 Å². The number of hydrogen-bond acceptors (Lipinski definition) is 4. The molecule has 1 saturated carbocycles. The molecule has 1 aliphatic rings. The van der Waals surface area contributed by atoms with Crippen LogP contribution in [0.15, 0.2) is 28.8 Å². The Morgan fingerprint density at radius 2 is 2.25 bits per heavy atom. The molecule has 1 atom stereocenters. The van der Waals surface area contributed by atoms with Crippen molar-refractivity contribution in [2.75, 3.05) is 0 Å². The molecular formula is C15H15ClN2O2. The lowest BCUT2D eigenvalue weighted by Gasteiger charge is -2.18. The standard InChI is InChI=1S/C15H15ClN2O2/c16-12-6-3-5-11(8-12)15-17-14(20-18-15)9-10-4-1-2-7-13(10)19/h3,5-6,8,10H,1-2,4,7,9H2. The summed E-state index contributed by atoms with van der Waals surface area (Å²) in [6.45, 7) is 0. The van der Waals surface area contributed by atoms with Crippen molar-refractivity contribution in [3.8, 4) is 11.4 Å². The third-order valence-electron chi connectivity index (χ3n) is 3.65. The van der Waals surface area contributed by atoms with E-state index in [4.69, 9.17) is 16.1 Å². The molecule has 0 saturated heterocycles. The quantitative estimate of drug-likeness (QED) is 0.865. The zero-order valence-corrected chi connectivity index (χ0v) is 11.8. The first-order valence-electron chi connectivity index (χ1n) is 6.83. The number of Topliss-reactive ketones (excluding diaryl/α,β-unsaturated/α-hetero) is 1. The van der Waals surface area contributed by atoms with Gasteiger partial charge in [0.15, 0.2) is 0 Å². The third-order valence-corrected chi connectivity index (χ3v) is 3.89. The summed E-state index contributed by atoms with van der Waals surface area (Å²) < 4.78 is 5.25. The number of ketones is 1. The molecule has 5 heteroatoms. The monoisotopic (exact) mass is 290 g/mol. The van der Waals surface area contributed by atoms with Gasteiger partial charge in [-0.15, -0.1) is 0 Å². The summed E-state index contributed by atoms with van der Waals surface area (Å²) in [7, 11) is 0. The zero-order chi connectivity index (χ0) is 13.9. The number of rotatable bonds is 3. The van der Waals surface area contributed by atoms with Crippen LogP contribution in [-0.2, 0) is 11.2 Å². The van der Waals surface area contributed by atoms with Gasteiger partial charge in [0, 0.05) is 29.3 Å². The van der Waals surface area contributed by atoms with Crippen molar-refractivity contribution in [1.29, 1.82) is 0 Å². The van der Waals surface area contributed by atoms with Gasteiger partial charge in [0.1, 0.15) is 5.78 Å². The Balaban J connectivity index is 1.75. The predicted octanol–water partition coefficient (Wildman–Crippen LogP) is 3.69. The van der Waals surface area contributed by atoms with E-state index in [2.05, 4.69) is 10.1 Å². The molecule has 1 aromatic heterocycles. The average Bonchev–Trinajstić information content (AvgIpc) is 2.90. The Kier molecular flexibility index (Phi) is 3.83. The van der Waals surface area contributed by atoms with E-state index in [1.54, 1.807) is 12.1 Å². The number of benzene rings is 1. The zero-order valence-electron chi connectivity index (χ0n) is 11.0. The van der Waals surface area contributed by atoms with Crippen molar-refractivity contribution in [3.63, 3.8) is 0 Å². The lowest BCUT2D eigenvalue weighted by Crippen LogP contribution is -2.21. The van der Waals surface area contributed by atoms with Gasteiger partial charge in [-0.3, -0.25) is 4.79 Å². The van der Waals surface area contributed by atoms with E-state index < -0.39 is 0 Å². The highest BCUT2D eigenvalue weighted by Crippen LogP contribution is 2.25. The minimum atomic E-state index is 0.0383. The number of hydrogen-bond donors (Lipinski definition) is 0. The molecule has 1 unspecified atom stereocenters. The topological polar surface area (TPSA) is 56.0 Å². The summed E-state index contributed by atoms with van der Waals surface area (Å²) in [6.07, 6.45) is 4.26. The van der Waals surface area contributed by atoms with Gasteiger partial charge in [-0.25, -0.2) is 0 Å². The normalized spacial score (nSPS) is 19.2. The molecule has 3 rings (SSSR count). The maximum Gasteiger partial charge on any atom is 0.227 e. The summed E-state index contributed by atoms with van der Waals surface area (Å²) >= 11 is 5.95. The molecule has 4 nitrogen and oxygen atoms in total. The Morgan fingerprint density at radius 3 is 3.05 bits per heavy atom. The number of halogens is 1. The van der Waals surface area contributed by atoms with E-state index in [0.29, 0.717) is 35.4 Å². The Labute approximate surface area is 122 Å². The molecule has 0 aliphatic heterocycles. The fourth-order valence-electron chi connectivity index (χ4n) is 2.56. The van der Waals surface area contributed by atoms with Gasteiger partial charge in [-0.05, 0) is 25.0 Å². The van der Waals surface area contributed by atoms with Gasteiger partial charge >= 0.3 is 0 Å². The van der Waals surface area contributed by atoms with Crippen molar-refractivity contribution < 1.29 is 9.32 Å². The first kappa shape index (κ1) is 13.3. The number of carbonyl (C=O) groups excluding carboxylic acids is 1. The second-order valence-electron chi connectivity index (χ2n) is 5.14. The minimum absolute atomic E-state index is 0.0383. The van der Waals surface area contributed by atoms with E-state index in [9.17, 15) is 4.79 Å². The van der Waals surface area contributed by atoms with Crippen LogP contribution in [0.3, 0.4) is 0 Å². The molecule has 104 valence electrons. The molecule has 0 radical (unpaired) electrons. The smallest absolute Gasteiger partial charge is 0.227 e. The molecule has 0 spiro atoms. The van der Waals surface area contributed by atoms with E-state index in [1.807, 2.05) is 12.1 Å². The van der Waals surface area contributed by atoms with Gasteiger partial charge in [-0.2, -0.15) is 4.98 Å². The molecule has 20 heavy (non-hydrogen) atoms. The second kappa shape index (κ2) is 5.75. The highest BCUT2D eigenvalue weighted by molar-refractivity contribution is 6.30. The van der Waals surface area contributed by atoms with Crippen LogP contribution in [0.25, 0.3) is 11.4 Å². The van der Waals surface area contributed by atoms with Crippen molar-refractivity contribution in [2.45, 2.75) is 32.1 Å². The molecule has 0 N–H and O–H groups in total. The molecular weight excluding hydrogens is 276 g/mol. The van der Waals surface area contributed by atoms with Gasteiger partial charge in [-0.1, -0.05) is 35.3 Å². The molecule has 2 aromatic rings. The Hall–Kier alpha value is -1.68. The summed E-state index contributed by atoms with van der Waals surface area (Å²) in [4.78, 5) is 16.2. The van der Waals surface area contributed by atoms with Crippen molar-refractivity contribution in [2.24, 2.45) is 5.92 Å². The summed E-state index contributed by atoms with van der Waals surface area (Å²) in [5.41, 5.74) is 0.822. The number of aromatic nitrogens is 2. The molecule has 1 heterocycles. The summed E-state index contributed by atoms with van der Waals surface area (Å²) in [6, 6.07) is 7.32. The number of carbonyl (C=O) groups is 1. The van der Waals surface area contributed by atoms with Gasteiger partial charge in [0.25, 0.3) is 0 Å². The largest absolute Gasteiger partial charge is 0.339 e. The molecule has 1 aliphatic carbocycles. The lowest BCUT2D eigenvalue weighted by molar-refractivity contribution is -0.124. The average molecular weight is 291 g/mol. The van der Waals surface area contributed by atoms with E-state index in [-0.39, 0.29) is 5.92 Å². The second-order valence-corrected chi connectivity index (χ2v) is 5.57. The first-order chi connectivity index (χ1) is 9.72. The highest BCUT2D eigenvalue weighted by Gasteiger charge is 2.24. The van der Waals surface area contributed by atoms with Crippen LogP contribution in [0.4, 0.5) is 0 Å². The minimum Gasteiger partial charge on any atom is -0.339 e. The summed E-state index contributed by atoms with van der Waals surface area (Å²) in [5.74, 6) is 1.40. The van der Waals surface area contributed by atoms with Crippen LogP contribution in [-0.4, -0.2) is 15.9 Å². The van der Waals surface area contributed by atoms with Crippen LogP contribution in [0.5, 0.6) is 0 Å². The number of nitrogens with zero attached hydrogens (tertiary/aromatic N) is 2. The van der Waals surface area contributed by atoms with Crippen molar-refractivity contribution in [3.05, 3.63) is 35.2 Å². The van der Waals surface area contributed by atoms with Crippen LogP contribution in [0.2, 0.25) is 5.02 Å². The van der Waals surface area contributed by atoms with Crippen LogP contribution >= 0.6 is 11.6 Å². The Bertz CT molecular complexity index is 624. The summed E-state index contributed by atoms with van der Waals surface area (Å²) in [5, 5.41) is 4.60. The Morgan fingerprint density at radius 1 is 1.35 bits per heavy atom. The first-order valence-corrected chi connectivity index (χ1v) is 7.21. The lowest BCUT2D eigenvalue weighted by atomic mass is 9.86.